The van der Waals surface area contributed by atoms with Crippen LogP contribution in [0.3, 0.4) is 0 Å². The van der Waals surface area contributed by atoms with Gasteiger partial charge >= 0.3 is 0 Å². The molecule has 3 aromatic heterocycles. The predicted octanol–water partition coefficient (Wildman–Crippen LogP) is 6.79. The highest BCUT2D eigenvalue weighted by Crippen LogP contribution is 2.61. The number of fused-ring (bicyclic) bond motifs is 1. The Morgan fingerprint density at radius 1 is 0.911 bits per heavy atom. The van der Waals surface area contributed by atoms with Crippen LogP contribution in [0.25, 0.3) is 22.0 Å². The topological polar surface area (TPSA) is 128 Å². The summed E-state index contributed by atoms with van der Waals surface area (Å²) in [4.78, 5) is 51.8. The van der Waals surface area contributed by atoms with E-state index in [-0.39, 0.29) is 35.9 Å². The van der Waals surface area contributed by atoms with Gasteiger partial charge in [-0.2, -0.15) is 5.10 Å². The third kappa shape index (κ3) is 8.02. The van der Waals surface area contributed by atoms with Gasteiger partial charge in [0.15, 0.2) is 0 Å². The van der Waals surface area contributed by atoms with E-state index in [0.29, 0.717) is 23.1 Å². The number of anilines is 1. The molecule has 4 saturated carbocycles. The number of carbonyl (C=O) groups excluding carboxylic acids is 2. The van der Waals surface area contributed by atoms with Crippen molar-refractivity contribution in [1.82, 2.24) is 35.3 Å². The van der Waals surface area contributed by atoms with Crippen LogP contribution in [0.2, 0.25) is 0 Å². The van der Waals surface area contributed by atoms with Crippen LogP contribution in [0.15, 0.2) is 47.5 Å². The van der Waals surface area contributed by atoms with Gasteiger partial charge in [-0.3, -0.25) is 24.0 Å². The molecule has 1 aromatic carbocycles. The van der Waals surface area contributed by atoms with Gasteiger partial charge in [-0.15, -0.1) is 0 Å². The molecule has 4 bridgehead atoms. The number of piperazine rings is 1. The Morgan fingerprint density at radius 3 is 2.27 bits per heavy atom. The predicted molar refractivity (Wildman–Crippen MR) is 222 cm³/mol. The number of amides is 2. The van der Waals surface area contributed by atoms with Crippen molar-refractivity contribution in [2.45, 2.75) is 98.6 Å². The number of nitrogens with zero attached hydrogens (tertiary/aromatic N) is 5. The van der Waals surface area contributed by atoms with Crippen molar-refractivity contribution >= 4 is 28.5 Å². The van der Waals surface area contributed by atoms with Gasteiger partial charge in [0.25, 0.3) is 11.5 Å². The van der Waals surface area contributed by atoms with E-state index in [9.17, 15) is 14.4 Å². The third-order valence-electron chi connectivity index (χ3n) is 13.6. The molecule has 298 valence electrons. The van der Waals surface area contributed by atoms with E-state index in [1.807, 2.05) is 36.9 Å². The zero-order valence-electron chi connectivity index (χ0n) is 34.0. The maximum absolute atomic E-state index is 13.7. The van der Waals surface area contributed by atoms with Crippen LogP contribution in [-0.2, 0) is 11.3 Å². The smallest absolute Gasteiger partial charge is 0.253 e. The number of aryl methyl sites for hydroxylation is 2. The number of benzene rings is 1. The van der Waals surface area contributed by atoms with Crippen molar-refractivity contribution in [3.63, 3.8) is 0 Å². The van der Waals surface area contributed by atoms with Gasteiger partial charge in [-0.05, 0) is 144 Å². The van der Waals surface area contributed by atoms with Crippen LogP contribution in [0.5, 0.6) is 0 Å². The molecule has 1 saturated heterocycles. The van der Waals surface area contributed by atoms with Gasteiger partial charge in [-0.25, -0.2) is 4.98 Å². The second-order valence-electron chi connectivity index (χ2n) is 18.1. The molecule has 1 atom stereocenters. The minimum absolute atomic E-state index is 0.0809. The van der Waals surface area contributed by atoms with Crippen molar-refractivity contribution in [3.8, 4) is 11.1 Å². The molecule has 1 aliphatic heterocycles. The van der Waals surface area contributed by atoms with Crippen LogP contribution >= 0.6 is 0 Å². The van der Waals surface area contributed by atoms with Gasteiger partial charge in [0, 0.05) is 86.2 Å². The molecule has 3 N–H and O–H groups in total. The van der Waals surface area contributed by atoms with Crippen molar-refractivity contribution in [3.05, 3.63) is 75.5 Å². The Bertz CT molecular complexity index is 2090. The molecule has 0 spiro atoms. The molecule has 2 amide bonds. The lowest BCUT2D eigenvalue weighted by atomic mass is 9.48. The fraction of sp³-hybridized carbons (Fsp3) is 0.578. The zero-order chi connectivity index (χ0) is 39.1. The van der Waals surface area contributed by atoms with E-state index >= 15 is 0 Å². The van der Waals surface area contributed by atoms with Crippen molar-refractivity contribution in [2.75, 3.05) is 44.2 Å². The molecular formula is C45H60N8O3. The summed E-state index contributed by atoms with van der Waals surface area (Å²) in [6.07, 6.45) is 14.6. The monoisotopic (exact) mass is 760 g/mol. The molecule has 9 rings (SSSR count). The molecule has 0 radical (unpaired) electrons. The first-order valence-corrected chi connectivity index (χ1v) is 21.1. The first kappa shape index (κ1) is 38.4. The molecule has 4 aliphatic carbocycles. The van der Waals surface area contributed by atoms with E-state index in [4.69, 9.17) is 4.98 Å². The average molecular weight is 761 g/mol. The SMILES string of the molecule is Cc1cc(C)c(CNC(=O)c2cc(-c3ccc(N4CCN(CCNC(=O)[C@H](C)CCC56CC7CC(CC(C7)C5)C6)CC4)nc3)cc3c2cnn3C(C)C)c(=O)[nH]1. The zero-order valence-corrected chi connectivity index (χ0v) is 34.0. The fourth-order valence-corrected chi connectivity index (χ4v) is 11.0. The number of aromatic amines is 1. The Balaban J connectivity index is 0.845. The van der Waals surface area contributed by atoms with Gasteiger partial charge in [0.05, 0.1) is 17.3 Å². The maximum atomic E-state index is 13.7. The summed E-state index contributed by atoms with van der Waals surface area (Å²) in [6.45, 7) is 15.3. The highest BCUT2D eigenvalue weighted by atomic mass is 16.2. The van der Waals surface area contributed by atoms with Crippen molar-refractivity contribution in [1.29, 1.82) is 0 Å². The number of nitrogens with one attached hydrogen (secondary N) is 3. The van der Waals surface area contributed by atoms with Crippen LogP contribution in [-0.4, -0.2) is 75.7 Å². The lowest BCUT2D eigenvalue weighted by Gasteiger charge is -2.57. The van der Waals surface area contributed by atoms with Gasteiger partial charge in [0.1, 0.15) is 5.82 Å². The number of hydrogen-bond donors (Lipinski definition) is 3. The van der Waals surface area contributed by atoms with E-state index in [1.54, 1.807) is 6.20 Å². The highest BCUT2D eigenvalue weighted by Gasteiger charge is 2.50. The Hall–Kier alpha value is -4.51. The summed E-state index contributed by atoms with van der Waals surface area (Å²) < 4.78 is 1.93. The molecule has 4 heterocycles. The van der Waals surface area contributed by atoms with Crippen molar-refractivity contribution < 1.29 is 9.59 Å². The van der Waals surface area contributed by atoms with E-state index in [0.717, 1.165) is 96.0 Å². The highest BCUT2D eigenvalue weighted by molar-refractivity contribution is 6.08. The van der Waals surface area contributed by atoms with Gasteiger partial charge < -0.3 is 20.5 Å². The number of carbonyl (C=O) groups is 2. The summed E-state index contributed by atoms with van der Waals surface area (Å²) >= 11 is 0. The molecule has 0 unspecified atom stereocenters. The average Bonchev–Trinajstić information content (AvgIpc) is 3.60. The van der Waals surface area contributed by atoms with Gasteiger partial charge in [-0.1, -0.05) is 6.92 Å². The lowest BCUT2D eigenvalue weighted by Crippen LogP contribution is -2.49. The first-order chi connectivity index (χ1) is 26.9. The molecule has 11 nitrogen and oxygen atoms in total. The molecular weight excluding hydrogens is 701 g/mol. The quantitative estimate of drug-likeness (QED) is 0.137. The minimum Gasteiger partial charge on any atom is -0.355 e. The summed E-state index contributed by atoms with van der Waals surface area (Å²) in [5, 5.41) is 11.6. The summed E-state index contributed by atoms with van der Waals surface area (Å²) in [6, 6.07) is 10.1. The number of aromatic nitrogens is 4. The van der Waals surface area contributed by atoms with E-state index < -0.39 is 0 Å². The van der Waals surface area contributed by atoms with Crippen LogP contribution in [0, 0.1) is 42.9 Å². The lowest BCUT2D eigenvalue weighted by molar-refractivity contribution is -0.125. The summed E-state index contributed by atoms with van der Waals surface area (Å²) in [5.74, 6) is 3.86. The fourth-order valence-electron chi connectivity index (χ4n) is 11.0. The Labute approximate surface area is 331 Å². The Kier molecular flexibility index (Phi) is 10.8. The molecule has 5 fully saturated rings. The second-order valence-corrected chi connectivity index (χ2v) is 18.1. The molecule has 11 heteroatoms. The third-order valence-corrected chi connectivity index (χ3v) is 13.6. The number of H-pyrrole nitrogens is 1. The number of hydrogen-bond acceptors (Lipinski definition) is 7. The minimum atomic E-state index is -0.261. The van der Waals surface area contributed by atoms with Crippen LogP contribution < -0.4 is 21.1 Å². The molecule has 5 aliphatic rings. The summed E-state index contributed by atoms with van der Waals surface area (Å²) in [5.41, 5.74) is 5.70. The number of rotatable bonds is 13. The van der Waals surface area contributed by atoms with Crippen molar-refractivity contribution in [2.24, 2.45) is 29.1 Å². The van der Waals surface area contributed by atoms with Gasteiger partial charge in [0.2, 0.25) is 5.91 Å². The normalized spacial score (nSPS) is 23.9. The van der Waals surface area contributed by atoms with Crippen LogP contribution in [0.1, 0.15) is 105 Å². The summed E-state index contributed by atoms with van der Waals surface area (Å²) in [7, 11) is 0. The largest absolute Gasteiger partial charge is 0.355 e. The maximum Gasteiger partial charge on any atom is 0.253 e. The second kappa shape index (κ2) is 15.8. The Morgan fingerprint density at radius 2 is 1.62 bits per heavy atom. The number of pyridine rings is 2. The van der Waals surface area contributed by atoms with E-state index in [1.165, 1.54) is 44.9 Å². The molecule has 4 aromatic rings. The first-order valence-electron chi connectivity index (χ1n) is 21.1. The van der Waals surface area contributed by atoms with Crippen LogP contribution in [0.4, 0.5) is 5.82 Å². The molecule has 56 heavy (non-hydrogen) atoms. The standard InChI is InChI=1S/C45H60N8O3/c1-28(2)53-40-21-36(20-37(39(40)27-49-53)43(55)48-26-38-30(4)16-31(5)50-44(38)56)35-6-7-41(47-25-35)52-14-12-51(13-15-52)11-10-46-42(54)29(3)8-9-45-22-32-17-33(23-45)19-34(18-32)24-45/h6-7,16,20-21,25,27-29,32-34H,8-15,17-19,22-24,26H2,1-5H3,(H,46,54)(H,48,55)(H,50,56)/t29-,32?,33?,34?,45?/m1/s1. The van der Waals surface area contributed by atoms with E-state index in [2.05, 4.69) is 69.5 Å².